The third kappa shape index (κ3) is 4.04. The van der Waals surface area contributed by atoms with Crippen LogP contribution in [-0.2, 0) is 4.79 Å². The molecule has 170 valence electrons. The summed E-state index contributed by atoms with van der Waals surface area (Å²) in [6, 6.07) is 17.7. The molecule has 0 saturated carbocycles. The first-order valence-electron chi connectivity index (χ1n) is 10.6. The molecule has 1 N–H and O–H groups in total. The van der Waals surface area contributed by atoms with Gasteiger partial charge in [0.1, 0.15) is 17.3 Å². The molecule has 0 fully saturated rings. The van der Waals surface area contributed by atoms with Crippen LogP contribution in [0.2, 0.25) is 0 Å². The highest BCUT2D eigenvalue weighted by Crippen LogP contribution is 2.30. The molecule has 8 heteroatoms. The van der Waals surface area contributed by atoms with Crippen LogP contribution in [0.15, 0.2) is 92.2 Å². The zero-order valence-electron chi connectivity index (χ0n) is 18.4. The number of anilines is 1. The summed E-state index contributed by atoms with van der Waals surface area (Å²) in [5.41, 5.74) is 1.74. The maximum absolute atomic E-state index is 13.7. The molecule has 2 aromatic heterocycles. The maximum atomic E-state index is 13.7. The molecule has 1 aliphatic heterocycles. The van der Waals surface area contributed by atoms with Gasteiger partial charge in [0, 0.05) is 11.8 Å². The number of benzene rings is 2. The monoisotopic (exact) mass is 473 g/mol. The van der Waals surface area contributed by atoms with Crippen LogP contribution in [0.3, 0.4) is 0 Å². The predicted molar refractivity (Wildman–Crippen MR) is 129 cm³/mol. The van der Waals surface area contributed by atoms with Gasteiger partial charge >= 0.3 is 0 Å². The van der Waals surface area contributed by atoms with E-state index in [1.165, 1.54) is 28.0 Å². The molecule has 0 saturated heterocycles. The molecule has 0 bridgehead atoms. The number of carbonyl (C=O) groups excluding carboxylic acids is 1. The molecule has 0 spiro atoms. The minimum atomic E-state index is -0.763. The smallest absolute Gasteiger partial charge is 0.271 e. The lowest BCUT2D eigenvalue weighted by molar-refractivity contribution is -0.113. The van der Waals surface area contributed by atoms with Gasteiger partial charge in [0.25, 0.3) is 11.5 Å². The number of aryl methyl sites for hydroxylation is 1. The molecule has 1 aliphatic rings. The molecule has 0 radical (unpaired) electrons. The summed E-state index contributed by atoms with van der Waals surface area (Å²) in [5.74, 6) is 0.510. The Kier molecular flexibility index (Phi) is 5.59. The number of halogens is 1. The first kappa shape index (κ1) is 21.8. The van der Waals surface area contributed by atoms with Crippen molar-refractivity contribution < 1.29 is 13.6 Å². The van der Waals surface area contributed by atoms with E-state index < -0.39 is 11.9 Å². The Morgan fingerprint density at radius 1 is 1.09 bits per heavy atom. The molecule has 34 heavy (non-hydrogen) atoms. The van der Waals surface area contributed by atoms with E-state index in [9.17, 15) is 14.0 Å². The topological polar surface area (TPSA) is 76.6 Å². The Bertz CT molecular complexity index is 1600. The third-order valence-electron chi connectivity index (χ3n) is 5.52. The van der Waals surface area contributed by atoms with Gasteiger partial charge in [-0.25, -0.2) is 9.38 Å². The largest absolute Gasteiger partial charge is 0.462 e. The van der Waals surface area contributed by atoms with Crippen molar-refractivity contribution in [3.8, 4) is 0 Å². The summed E-state index contributed by atoms with van der Waals surface area (Å²) in [6.45, 7) is 3.57. The van der Waals surface area contributed by atoms with Crippen LogP contribution in [0.4, 0.5) is 10.1 Å². The van der Waals surface area contributed by atoms with Crippen molar-refractivity contribution in [3.63, 3.8) is 0 Å². The maximum Gasteiger partial charge on any atom is 0.271 e. The lowest BCUT2D eigenvalue weighted by Gasteiger charge is -2.25. The van der Waals surface area contributed by atoms with E-state index in [0.29, 0.717) is 37.6 Å². The van der Waals surface area contributed by atoms with Crippen molar-refractivity contribution in [1.82, 2.24) is 4.57 Å². The summed E-state index contributed by atoms with van der Waals surface area (Å²) in [7, 11) is 0. The summed E-state index contributed by atoms with van der Waals surface area (Å²) in [5, 5.41) is 2.89. The minimum absolute atomic E-state index is 0.301. The van der Waals surface area contributed by atoms with Gasteiger partial charge < -0.3 is 9.73 Å². The van der Waals surface area contributed by atoms with Crippen molar-refractivity contribution in [2.24, 2.45) is 4.99 Å². The van der Waals surface area contributed by atoms with Gasteiger partial charge in [-0.1, -0.05) is 41.7 Å². The van der Waals surface area contributed by atoms with Crippen LogP contribution in [0, 0.1) is 12.7 Å². The Balaban J connectivity index is 1.68. The molecule has 5 rings (SSSR count). The van der Waals surface area contributed by atoms with Crippen molar-refractivity contribution in [1.29, 1.82) is 0 Å². The highest BCUT2D eigenvalue weighted by atomic mass is 32.1. The second-order valence-corrected chi connectivity index (χ2v) is 8.91. The van der Waals surface area contributed by atoms with Gasteiger partial charge in [0.2, 0.25) is 0 Å². The van der Waals surface area contributed by atoms with E-state index in [2.05, 4.69) is 10.3 Å². The molecule has 6 nitrogen and oxygen atoms in total. The number of hydrogen-bond donors (Lipinski definition) is 1. The molecule has 1 unspecified atom stereocenters. The van der Waals surface area contributed by atoms with Crippen LogP contribution < -0.4 is 20.2 Å². The number of thiazole rings is 1. The van der Waals surface area contributed by atoms with Gasteiger partial charge in [-0.3, -0.25) is 14.2 Å². The summed E-state index contributed by atoms with van der Waals surface area (Å²) in [4.78, 5) is 32.0. The highest BCUT2D eigenvalue weighted by Gasteiger charge is 2.32. The van der Waals surface area contributed by atoms with Gasteiger partial charge in [-0.2, -0.15) is 0 Å². The number of allylic oxidation sites excluding steroid dienone is 1. The number of nitrogens with zero attached hydrogens (tertiary/aromatic N) is 2. The highest BCUT2D eigenvalue weighted by molar-refractivity contribution is 7.07. The number of amides is 1. The van der Waals surface area contributed by atoms with Crippen LogP contribution >= 0.6 is 11.3 Å². The number of aromatic nitrogens is 1. The predicted octanol–water partition coefficient (Wildman–Crippen LogP) is 3.91. The molecule has 4 aromatic rings. The minimum Gasteiger partial charge on any atom is -0.462 e. The molecule has 1 amide bonds. The first-order valence-corrected chi connectivity index (χ1v) is 11.4. The van der Waals surface area contributed by atoms with Crippen molar-refractivity contribution >= 4 is 29.0 Å². The van der Waals surface area contributed by atoms with E-state index in [1.54, 1.807) is 43.3 Å². The number of nitrogens with one attached hydrogen (secondary N) is 1. The number of rotatable bonds is 4. The Hall–Kier alpha value is -4.04. The zero-order chi connectivity index (χ0) is 23.8. The van der Waals surface area contributed by atoms with Crippen LogP contribution in [0.25, 0.3) is 6.08 Å². The van der Waals surface area contributed by atoms with Gasteiger partial charge in [-0.05, 0) is 55.8 Å². The normalized spacial score (nSPS) is 15.7. The number of hydrogen-bond acceptors (Lipinski definition) is 5. The molecular weight excluding hydrogens is 453 g/mol. The fourth-order valence-corrected chi connectivity index (χ4v) is 4.98. The Morgan fingerprint density at radius 3 is 2.50 bits per heavy atom. The number of fused-ring (bicyclic) bond motifs is 1. The SMILES string of the molecule is CC1=C(C(=O)Nc2ccccc2)C(c2ccc(F)cc2)n2c(s/c(=C/c3ccc(C)o3)c2=O)=N1. The number of carbonyl (C=O) groups is 1. The fraction of sp³-hybridized carbons (Fsp3) is 0.115. The van der Waals surface area contributed by atoms with E-state index >= 15 is 0 Å². The second-order valence-electron chi connectivity index (χ2n) is 7.90. The van der Waals surface area contributed by atoms with E-state index in [1.807, 2.05) is 31.2 Å². The van der Waals surface area contributed by atoms with Crippen LogP contribution in [-0.4, -0.2) is 10.5 Å². The molecule has 3 heterocycles. The molecular formula is C26H20FN3O3S. The zero-order valence-corrected chi connectivity index (χ0v) is 19.2. The molecule has 2 aromatic carbocycles. The standard InChI is InChI=1S/C26H20FN3O3S/c1-15-8-13-20(33-15)14-21-25(32)30-23(17-9-11-18(27)12-10-17)22(16(2)28-26(30)34-21)24(31)29-19-6-4-3-5-7-19/h3-14,23H,1-2H3,(H,29,31)/b21-14+. The van der Waals surface area contributed by atoms with Crippen molar-refractivity contribution in [2.75, 3.05) is 5.32 Å². The lowest BCUT2D eigenvalue weighted by Crippen LogP contribution is -2.40. The Morgan fingerprint density at radius 2 is 1.82 bits per heavy atom. The van der Waals surface area contributed by atoms with Gasteiger partial charge in [0.05, 0.1) is 21.8 Å². The average molecular weight is 474 g/mol. The number of para-hydroxylation sites is 1. The molecule has 0 aliphatic carbocycles. The average Bonchev–Trinajstić information content (AvgIpc) is 3.36. The van der Waals surface area contributed by atoms with Gasteiger partial charge in [0.15, 0.2) is 4.80 Å². The summed E-state index contributed by atoms with van der Waals surface area (Å²) < 4.78 is 21.2. The molecule has 1 atom stereocenters. The summed E-state index contributed by atoms with van der Waals surface area (Å²) in [6.07, 6.45) is 1.67. The van der Waals surface area contributed by atoms with E-state index in [-0.39, 0.29) is 11.5 Å². The van der Waals surface area contributed by atoms with Crippen molar-refractivity contribution in [3.05, 3.63) is 121 Å². The number of furan rings is 1. The van der Waals surface area contributed by atoms with Gasteiger partial charge in [-0.15, -0.1) is 0 Å². The fourth-order valence-electron chi connectivity index (χ4n) is 3.95. The second kappa shape index (κ2) is 8.72. The van der Waals surface area contributed by atoms with Crippen LogP contribution in [0.5, 0.6) is 0 Å². The van der Waals surface area contributed by atoms with E-state index in [4.69, 9.17) is 4.42 Å². The first-order chi connectivity index (χ1) is 16.4. The third-order valence-corrected chi connectivity index (χ3v) is 6.50. The van der Waals surface area contributed by atoms with Crippen molar-refractivity contribution in [2.45, 2.75) is 19.9 Å². The van der Waals surface area contributed by atoms with E-state index in [0.717, 1.165) is 5.76 Å². The quantitative estimate of drug-likeness (QED) is 0.488. The van der Waals surface area contributed by atoms with Crippen LogP contribution in [0.1, 0.15) is 30.0 Å². The Labute approximate surface area is 198 Å². The summed E-state index contributed by atoms with van der Waals surface area (Å²) >= 11 is 1.22. The lowest BCUT2D eigenvalue weighted by atomic mass is 9.95.